The molecule has 0 radical (unpaired) electrons. The maximum atomic E-state index is 12.4. The van der Waals surface area contributed by atoms with Crippen LogP contribution in [0.1, 0.15) is 34.4 Å². The van der Waals surface area contributed by atoms with E-state index in [0.29, 0.717) is 16.2 Å². The largest absolute Gasteiger partial charge is 0.296 e. The number of nitrogens with one attached hydrogen (secondary N) is 1. The van der Waals surface area contributed by atoms with Crippen LogP contribution >= 0.6 is 34.7 Å². The number of aromatic nitrogens is 3. The fraction of sp³-hybridized carbons (Fsp3) is 0.429. The summed E-state index contributed by atoms with van der Waals surface area (Å²) in [6.07, 6.45) is 6.46. The molecule has 116 valence electrons. The van der Waals surface area contributed by atoms with Crippen molar-refractivity contribution >= 4 is 45.7 Å². The Bertz CT molecular complexity index is 719. The van der Waals surface area contributed by atoms with Crippen LogP contribution in [-0.2, 0) is 12.8 Å². The molecule has 8 heteroatoms. The Balaban J connectivity index is 1.80. The van der Waals surface area contributed by atoms with Crippen molar-refractivity contribution in [2.24, 2.45) is 5.92 Å². The highest BCUT2D eigenvalue weighted by molar-refractivity contribution is 7.98. The smallest absolute Gasteiger partial charge is 0.277 e. The van der Waals surface area contributed by atoms with Crippen molar-refractivity contribution in [3.8, 4) is 0 Å². The highest BCUT2D eigenvalue weighted by Crippen LogP contribution is 2.32. The Morgan fingerprint density at radius 3 is 3.09 bits per heavy atom. The van der Waals surface area contributed by atoms with Crippen LogP contribution in [0.15, 0.2) is 11.4 Å². The minimum atomic E-state index is -0.346. The first-order valence-corrected chi connectivity index (χ1v) is 9.35. The van der Waals surface area contributed by atoms with Gasteiger partial charge in [-0.3, -0.25) is 10.1 Å². The Morgan fingerprint density at radius 1 is 1.50 bits per heavy atom. The number of fused-ring (bicyclic) bond motifs is 1. The second-order valence-corrected chi connectivity index (χ2v) is 7.51. The number of carbonyl (C=O) groups excluding carboxylic acids is 1. The molecule has 1 aliphatic carbocycles. The van der Waals surface area contributed by atoms with Crippen LogP contribution in [-0.4, -0.2) is 27.1 Å². The molecule has 0 bridgehead atoms. The fourth-order valence-corrected chi connectivity index (χ4v) is 4.04. The van der Waals surface area contributed by atoms with E-state index in [2.05, 4.69) is 27.2 Å². The van der Waals surface area contributed by atoms with Gasteiger partial charge in [-0.2, -0.15) is 0 Å². The molecule has 1 atom stereocenters. The van der Waals surface area contributed by atoms with E-state index < -0.39 is 0 Å². The number of thiazole rings is 1. The van der Waals surface area contributed by atoms with E-state index in [9.17, 15) is 4.79 Å². The predicted octanol–water partition coefficient (Wildman–Crippen LogP) is 3.69. The van der Waals surface area contributed by atoms with Crippen LogP contribution < -0.4 is 5.32 Å². The number of anilines is 1. The number of halogens is 1. The van der Waals surface area contributed by atoms with Crippen molar-refractivity contribution in [1.29, 1.82) is 0 Å². The molecule has 2 heterocycles. The first kappa shape index (κ1) is 15.7. The fourth-order valence-electron chi connectivity index (χ4n) is 2.36. The van der Waals surface area contributed by atoms with Gasteiger partial charge in [0.25, 0.3) is 5.91 Å². The number of rotatable bonds is 3. The molecule has 0 unspecified atom stereocenters. The van der Waals surface area contributed by atoms with Crippen molar-refractivity contribution in [2.75, 3.05) is 11.6 Å². The Labute approximate surface area is 141 Å². The molecule has 1 amide bonds. The maximum Gasteiger partial charge on any atom is 0.277 e. The summed E-state index contributed by atoms with van der Waals surface area (Å²) in [7, 11) is 0. The number of hydrogen-bond donors (Lipinski definition) is 1. The summed E-state index contributed by atoms with van der Waals surface area (Å²) in [4.78, 5) is 26.3. The van der Waals surface area contributed by atoms with Gasteiger partial charge < -0.3 is 0 Å². The van der Waals surface area contributed by atoms with Gasteiger partial charge in [0, 0.05) is 4.88 Å². The lowest BCUT2D eigenvalue weighted by atomic mass is 9.93. The van der Waals surface area contributed by atoms with Gasteiger partial charge in [-0.05, 0) is 31.4 Å². The van der Waals surface area contributed by atoms with Gasteiger partial charge in [-0.1, -0.05) is 30.3 Å². The summed E-state index contributed by atoms with van der Waals surface area (Å²) in [5.41, 5.74) is 1.29. The zero-order chi connectivity index (χ0) is 15.7. The van der Waals surface area contributed by atoms with Crippen LogP contribution in [0.5, 0.6) is 0 Å². The van der Waals surface area contributed by atoms with Gasteiger partial charge in [0.15, 0.2) is 16.0 Å². The summed E-state index contributed by atoms with van der Waals surface area (Å²) in [6, 6.07) is 0. The standard InChI is InChI=1S/C14H15ClN4OS2/c1-7-3-4-9-10(5-7)22-14(17-9)19-12(20)11-8(15)6-16-13(18-11)21-2/h6-7H,3-5H2,1-2H3,(H,17,19,20)/t7-/m1/s1. The first-order chi connectivity index (χ1) is 10.6. The van der Waals surface area contributed by atoms with Gasteiger partial charge in [0.1, 0.15) is 0 Å². The monoisotopic (exact) mass is 354 g/mol. The molecule has 0 saturated carbocycles. The normalized spacial score (nSPS) is 17.1. The third-order valence-electron chi connectivity index (χ3n) is 3.53. The molecule has 0 aliphatic heterocycles. The molecular weight excluding hydrogens is 340 g/mol. The Kier molecular flexibility index (Phi) is 4.65. The average molecular weight is 355 g/mol. The topological polar surface area (TPSA) is 67.8 Å². The summed E-state index contributed by atoms with van der Waals surface area (Å²) in [5, 5.41) is 4.18. The minimum Gasteiger partial charge on any atom is -0.296 e. The Hall–Kier alpha value is -1.18. The zero-order valence-corrected chi connectivity index (χ0v) is 14.6. The van der Waals surface area contributed by atoms with Crippen molar-refractivity contribution in [1.82, 2.24) is 15.0 Å². The number of thioether (sulfide) groups is 1. The van der Waals surface area contributed by atoms with Gasteiger partial charge in [-0.15, -0.1) is 11.3 Å². The highest BCUT2D eigenvalue weighted by Gasteiger charge is 2.21. The molecular formula is C14H15ClN4OS2. The van der Waals surface area contributed by atoms with E-state index in [4.69, 9.17) is 11.6 Å². The molecule has 0 fully saturated rings. The van der Waals surface area contributed by atoms with Crippen LogP contribution in [0.2, 0.25) is 5.02 Å². The van der Waals surface area contributed by atoms with Gasteiger partial charge in [0.2, 0.25) is 0 Å². The van der Waals surface area contributed by atoms with E-state index >= 15 is 0 Å². The molecule has 22 heavy (non-hydrogen) atoms. The molecule has 5 nitrogen and oxygen atoms in total. The van der Waals surface area contributed by atoms with Crippen LogP contribution in [0.3, 0.4) is 0 Å². The highest BCUT2D eigenvalue weighted by atomic mass is 35.5. The van der Waals surface area contributed by atoms with Crippen LogP contribution in [0.25, 0.3) is 0 Å². The molecule has 1 N–H and O–H groups in total. The second-order valence-electron chi connectivity index (χ2n) is 5.24. The lowest BCUT2D eigenvalue weighted by molar-refractivity contribution is 0.102. The maximum absolute atomic E-state index is 12.4. The van der Waals surface area contributed by atoms with E-state index in [-0.39, 0.29) is 16.6 Å². The van der Waals surface area contributed by atoms with Crippen molar-refractivity contribution in [3.63, 3.8) is 0 Å². The molecule has 2 aromatic heterocycles. The predicted molar refractivity (Wildman–Crippen MR) is 90.1 cm³/mol. The minimum absolute atomic E-state index is 0.183. The van der Waals surface area contributed by atoms with E-state index in [1.54, 1.807) is 11.3 Å². The van der Waals surface area contributed by atoms with Crippen LogP contribution in [0.4, 0.5) is 5.13 Å². The summed E-state index contributed by atoms with van der Waals surface area (Å²) >= 11 is 8.93. The molecule has 0 aromatic carbocycles. The molecule has 0 saturated heterocycles. The number of carbonyl (C=O) groups is 1. The van der Waals surface area contributed by atoms with E-state index in [1.807, 2.05) is 6.26 Å². The van der Waals surface area contributed by atoms with E-state index in [1.165, 1.54) is 22.8 Å². The first-order valence-electron chi connectivity index (χ1n) is 6.93. The van der Waals surface area contributed by atoms with Gasteiger partial charge in [0.05, 0.1) is 16.9 Å². The van der Waals surface area contributed by atoms with E-state index in [0.717, 1.165) is 25.0 Å². The number of hydrogen-bond acceptors (Lipinski definition) is 6. The van der Waals surface area contributed by atoms with Crippen molar-refractivity contribution < 1.29 is 4.79 Å². The van der Waals surface area contributed by atoms with Crippen molar-refractivity contribution in [2.45, 2.75) is 31.3 Å². The van der Waals surface area contributed by atoms with Crippen molar-refractivity contribution in [3.05, 3.63) is 27.5 Å². The lowest BCUT2D eigenvalue weighted by Gasteiger charge is -2.15. The molecule has 0 spiro atoms. The number of nitrogens with zero attached hydrogens (tertiary/aromatic N) is 3. The summed E-state index contributed by atoms with van der Waals surface area (Å²) < 4.78 is 0. The van der Waals surface area contributed by atoms with Gasteiger partial charge in [-0.25, -0.2) is 15.0 Å². The zero-order valence-electron chi connectivity index (χ0n) is 12.2. The molecule has 3 rings (SSSR count). The SMILES string of the molecule is CSc1ncc(Cl)c(C(=O)Nc2nc3c(s2)C[C@H](C)CC3)n1. The quantitative estimate of drug-likeness (QED) is 0.672. The van der Waals surface area contributed by atoms with Crippen LogP contribution in [0, 0.1) is 5.92 Å². The average Bonchev–Trinajstić information content (AvgIpc) is 2.88. The number of aryl methyl sites for hydroxylation is 1. The third kappa shape index (κ3) is 3.26. The Morgan fingerprint density at radius 2 is 2.32 bits per heavy atom. The summed E-state index contributed by atoms with van der Waals surface area (Å²) in [6.45, 7) is 2.24. The second kappa shape index (κ2) is 6.52. The third-order valence-corrected chi connectivity index (χ3v) is 5.40. The number of amides is 1. The molecule has 2 aromatic rings. The lowest BCUT2D eigenvalue weighted by Crippen LogP contribution is -2.15. The summed E-state index contributed by atoms with van der Waals surface area (Å²) in [5.74, 6) is 0.332. The molecule has 1 aliphatic rings. The van der Waals surface area contributed by atoms with Gasteiger partial charge >= 0.3 is 0 Å².